The molecule has 5 heteroatoms. The van der Waals surface area contributed by atoms with Crippen molar-refractivity contribution in [2.24, 2.45) is 5.84 Å². The van der Waals surface area contributed by atoms with Gasteiger partial charge in [0.25, 0.3) is 0 Å². The van der Waals surface area contributed by atoms with Crippen LogP contribution in [-0.4, -0.2) is 12.1 Å². The molecule has 4 nitrogen and oxygen atoms in total. The van der Waals surface area contributed by atoms with E-state index in [9.17, 15) is 0 Å². The van der Waals surface area contributed by atoms with Crippen molar-refractivity contribution in [1.29, 1.82) is 0 Å². The predicted octanol–water partition coefficient (Wildman–Crippen LogP) is 3.12. The zero-order valence-corrected chi connectivity index (χ0v) is 11.5. The van der Waals surface area contributed by atoms with Gasteiger partial charge >= 0.3 is 0 Å². The number of ether oxygens (including phenoxy) is 1. The first kappa shape index (κ1) is 12.2. The molecule has 1 aromatic carbocycles. The minimum absolute atomic E-state index is 0.818. The van der Waals surface area contributed by atoms with Gasteiger partial charge in [-0.05, 0) is 43.2 Å². The molecule has 1 heterocycles. The molecule has 2 N–H and O–H groups in total. The van der Waals surface area contributed by atoms with Crippen LogP contribution in [0.25, 0.3) is 6.08 Å². The number of benzene rings is 1. The van der Waals surface area contributed by atoms with Crippen LogP contribution in [-0.2, 0) is 6.42 Å². The van der Waals surface area contributed by atoms with Crippen molar-refractivity contribution >= 4 is 28.2 Å². The zero-order valence-electron chi connectivity index (χ0n) is 10.7. The lowest BCUT2D eigenvalue weighted by molar-refractivity contribution is 0.415. The molecule has 0 fully saturated rings. The van der Waals surface area contributed by atoms with Crippen LogP contribution in [0.1, 0.15) is 17.0 Å². The number of methoxy groups -OCH3 is 1. The molecule has 0 radical (unpaired) electrons. The maximum atomic E-state index is 6.14. The Morgan fingerprint density at radius 3 is 2.79 bits per heavy atom. The number of nitrogens with two attached hydrogens (primary N) is 1. The Balaban J connectivity index is 1.88. The van der Waals surface area contributed by atoms with Gasteiger partial charge in [-0.1, -0.05) is 17.4 Å². The highest BCUT2D eigenvalue weighted by Gasteiger charge is 2.15. The summed E-state index contributed by atoms with van der Waals surface area (Å²) in [5.41, 5.74) is 2.04. The highest BCUT2D eigenvalue weighted by molar-refractivity contribution is 7.16. The molecule has 0 unspecified atom stereocenters. The molecule has 0 bridgehead atoms. The summed E-state index contributed by atoms with van der Waals surface area (Å²) in [4.78, 5) is 5.82. The fourth-order valence-electron chi connectivity index (χ4n) is 2.03. The highest BCUT2D eigenvalue weighted by atomic mass is 32.1. The van der Waals surface area contributed by atoms with Gasteiger partial charge in [0.15, 0.2) is 0 Å². The van der Waals surface area contributed by atoms with E-state index in [0.29, 0.717) is 0 Å². The average molecular weight is 273 g/mol. The van der Waals surface area contributed by atoms with Crippen LogP contribution in [0, 0.1) is 0 Å². The Morgan fingerprint density at radius 2 is 2.11 bits per heavy atom. The quantitative estimate of drug-likeness (QED) is 0.689. The summed E-state index contributed by atoms with van der Waals surface area (Å²) < 4.78 is 5.14. The topological polar surface area (TPSA) is 51.4 Å². The first-order valence-electron chi connectivity index (χ1n) is 6.13. The van der Waals surface area contributed by atoms with Crippen molar-refractivity contribution in [2.75, 3.05) is 12.1 Å². The molecule has 98 valence electrons. The molecule has 0 spiro atoms. The lowest BCUT2D eigenvalue weighted by atomic mass is 10.1. The van der Waals surface area contributed by atoms with Gasteiger partial charge in [-0.15, -0.1) is 0 Å². The number of hydrogen-bond acceptors (Lipinski definition) is 5. The van der Waals surface area contributed by atoms with Crippen molar-refractivity contribution in [1.82, 2.24) is 4.98 Å². The molecule has 2 aromatic rings. The summed E-state index contributed by atoms with van der Waals surface area (Å²) in [6.07, 6.45) is 6.36. The number of allylic oxidation sites excluding steroid dienone is 1. The van der Waals surface area contributed by atoms with Crippen molar-refractivity contribution in [2.45, 2.75) is 12.8 Å². The Morgan fingerprint density at radius 1 is 1.32 bits per heavy atom. The lowest BCUT2D eigenvalue weighted by Gasteiger charge is -2.15. The fourth-order valence-corrected chi connectivity index (χ4v) is 3.01. The Bertz CT molecular complexity index is 604. The second kappa shape index (κ2) is 5.03. The number of hydrazine groups is 1. The van der Waals surface area contributed by atoms with E-state index < -0.39 is 0 Å². The van der Waals surface area contributed by atoms with Crippen LogP contribution in [0.15, 0.2) is 30.3 Å². The maximum Gasteiger partial charge on any atom is 0.205 e. The predicted molar refractivity (Wildman–Crippen MR) is 78.8 cm³/mol. The molecule has 1 aromatic heterocycles. The summed E-state index contributed by atoms with van der Waals surface area (Å²) >= 11 is 1.62. The second-order valence-corrected chi connectivity index (χ2v) is 5.33. The van der Waals surface area contributed by atoms with Gasteiger partial charge in [-0.25, -0.2) is 10.8 Å². The van der Waals surface area contributed by atoms with Crippen molar-refractivity contribution < 1.29 is 4.74 Å². The third kappa shape index (κ3) is 2.34. The van der Waals surface area contributed by atoms with Gasteiger partial charge in [-0.2, -0.15) is 0 Å². The van der Waals surface area contributed by atoms with Gasteiger partial charge in [-0.3, -0.25) is 5.01 Å². The summed E-state index contributed by atoms with van der Waals surface area (Å²) in [6.45, 7) is 0. The first-order valence-corrected chi connectivity index (χ1v) is 6.94. The van der Waals surface area contributed by atoms with Crippen LogP contribution in [0.2, 0.25) is 0 Å². The van der Waals surface area contributed by atoms with Crippen LogP contribution in [0.4, 0.5) is 10.8 Å². The molecule has 0 saturated heterocycles. The maximum absolute atomic E-state index is 6.14. The zero-order chi connectivity index (χ0) is 13.2. The van der Waals surface area contributed by atoms with Crippen molar-refractivity contribution in [3.8, 4) is 5.75 Å². The Kier molecular flexibility index (Phi) is 3.23. The smallest absolute Gasteiger partial charge is 0.205 e. The third-order valence-electron chi connectivity index (χ3n) is 3.09. The monoisotopic (exact) mass is 273 g/mol. The molecule has 1 aliphatic rings. The van der Waals surface area contributed by atoms with E-state index in [2.05, 4.69) is 17.1 Å². The number of aryl methyl sites for hydroxylation is 1. The number of anilines is 2. The molecule has 0 saturated carbocycles. The van der Waals surface area contributed by atoms with Crippen LogP contribution in [0.3, 0.4) is 0 Å². The molecule has 19 heavy (non-hydrogen) atoms. The summed E-state index contributed by atoms with van der Waals surface area (Å²) in [5, 5.41) is 2.44. The summed E-state index contributed by atoms with van der Waals surface area (Å²) in [7, 11) is 1.65. The van der Waals surface area contributed by atoms with Crippen molar-refractivity contribution in [3.05, 3.63) is 40.9 Å². The molecule has 3 rings (SSSR count). The van der Waals surface area contributed by atoms with E-state index in [1.54, 1.807) is 23.5 Å². The van der Waals surface area contributed by atoms with E-state index in [4.69, 9.17) is 10.6 Å². The Hall–Kier alpha value is -1.85. The number of rotatable bonds is 3. The fraction of sp³-hybridized carbons (Fsp3) is 0.214. The largest absolute Gasteiger partial charge is 0.497 e. The Labute approximate surface area is 116 Å². The standard InChI is InChI=1S/C14H15N3OS/c1-18-11-8-6-10(7-9-11)17(15)14-16-12-4-2-3-5-13(12)19-14/h3,5-9H,2,4,15H2,1H3. The molecule has 0 aliphatic heterocycles. The second-order valence-electron chi connectivity index (χ2n) is 4.32. The highest BCUT2D eigenvalue weighted by Crippen LogP contribution is 2.33. The van der Waals surface area contributed by atoms with Crippen LogP contribution < -0.4 is 15.6 Å². The normalized spacial score (nSPS) is 13.2. The average Bonchev–Trinajstić information content (AvgIpc) is 2.90. The molecular formula is C14H15N3OS. The third-order valence-corrected chi connectivity index (χ3v) is 4.15. The number of fused-ring (bicyclic) bond motifs is 1. The van der Waals surface area contributed by atoms with E-state index in [1.165, 1.54) is 4.88 Å². The molecule has 1 aliphatic carbocycles. The van der Waals surface area contributed by atoms with Crippen LogP contribution in [0.5, 0.6) is 5.75 Å². The molecule has 0 atom stereocenters. The van der Waals surface area contributed by atoms with Crippen LogP contribution >= 0.6 is 11.3 Å². The van der Waals surface area contributed by atoms with Crippen molar-refractivity contribution in [3.63, 3.8) is 0 Å². The van der Waals surface area contributed by atoms with E-state index >= 15 is 0 Å². The van der Waals surface area contributed by atoms with Gasteiger partial charge in [0.1, 0.15) is 5.75 Å². The minimum Gasteiger partial charge on any atom is -0.497 e. The molecule has 0 amide bonds. The van der Waals surface area contributed by atoms with Gasteiger partial charge in [0, 0.05) is 0 Å². The molecular weight excluding hydrogens is 258 g/mol. The SMILES string of the molecule is COc1ccc(N(N)c2nc3c(s2)C=CCC3)cc1. The van der Waals surface area contributed by atoms with E-state index in [1.807, 2.05) is 24.3 Å². The minimum atomic E-state index is 0.818. The summed E-state index contributed by atoms with van der Waals surface area (Å²) in [6, 6.07) is 7.63. The number of thiazole rings is 1. The lowest BCUT2D eigenvalue weighted by Crippen LogP contribution is -2.24. The number of nitrogens with zero attached hydrogens (tertiary/aromatic N) is 2. The van der Waals surface area contributed by atoms with Gasteiger partial charge in [0.05, 0.1) is 23.4 Å². The van der Waals surface area contributed by atoms with E-state index in [0.717, 1.165) is 35.1 Å². The number of aromatic nitrogens is 1. The first-order chi connectivity index (χ1) is 9.28. The summed E-state index contributed by atoms with van der Waals surface area (Å²) in [5.74, 6) is 6.95. The van der Waals surface area contributed by atoms with E-state index in [-0.39, 0.29) is 0 Å². The number of hydrogen-bond donors (Lipinski definition) is 1. The van der Waals surface area contributed by atoms with Gasteiger partial charge in [0.2, 0.25) is 5.13 Å². The van der Waals surface area contributed by atoms with Gasteiger partial charge < -0.3 is 4.74 Å².